The average Bonchev–Trinajstić information content (AvgIpc) is 2.86. The van der Waals surface area contributed by atoms with Gasteiger partial charge in [0.05, 0.1) is 11.3 Å². The summed E-state index contributed by atoms with van der Waals surface area (Å²) in [5.41, 5.74) is 2.53. The van der Waals surface area contributed by atoms with Gasteiger partial charge in [0, 0.05) is 60.7 Å². The number of aliphatic carboxylic acids is 1. The number of piperazine rings is 1. The van der Waals surface area contributed by atoms with E-state index in [1.54, 1.807) is 30.1 Å². The molecule has 3 aromatic carbocycles. The van der Waals surface area contributed by atoms with Gasteiger partial charge in [-0.15, -0.1) is 4.41 Å². The van der Waals surface area contributed by atoms with Gasteiger partial charge in [-0.3, -0.25) is 9.35 Å². The first-order valence-corrected chi connectivity index (χ1v) is 14.9. The van der Waals surface area contributed by atoms with Crippen molar-refractivity contribution in [3.05, 3.63) is 71.8 Å². The summed E-state index contributed by atoms with van der Waals surface area (Å²) >= 11 is -2.31. The van der Waals surface area contributed by atoms with Gasteiger partial charge in [0.1, 0.15) is 0 Å². The van der Waals surface area contributed by atoms with E-state index in [2.05, 4.69) is 16.7 Å². The number of carboxylic acid groups (broad SMARTS) is 1. The van der Waals surface area contributed by atoms with Crippen LogP contribution < -0.4 is 4.90 Å². The molecule has 0 aliphatic carbocycles. The fraction of sp³-hybridized carbons (Fsp3) is 0.296. The lowest BCUT2D eigenvalue weighted by atomic mass is 10.1. The van der Waals surface area contributed by atoms with Crippen molar-refractivity contribution in [1.29, 1.82) is 0 Å². The van der Waals surface area contributed by atoms with Crippen LogP contribution in [0.1, 0.15) is 24.5 Å². The molecule has 0 radical (unpaired) electrons. The molecule has 9 nitrogen and oxygen atoms in total. The van der Waals surface area contributed by atoms with Crippen molar-refractivity contribution in [2.24, 2.45) is 0 Å². The molecule has 1 aliphatic rings. The van der Waals surface area contributed by atoms with E-state index in [9.17, 15) is 22.0 Å². The fourth-order valence-electron chi connectivity index (χ4n) is 4.56. The number of rotatable bonds is 7. The summed E-state index contributed by atoms with van der Waals surface area (Å²) in [6, 6.07) is 17.9. The molecule has 200 valence electrons. The second-order valence-electron chi connectivity index (χ2n) is 9.18. The Morgan fingerprint density at radius 3 is 2.26 bits per heavy atom. The summed E-state index contributed by atoms with van der Waals surface area (Å²) in [6.07, 6.45) is 0.970. The highest BCUT2D eigenvalue weighted by Crippen LogP contribution is 2.24. The Morgan fingerprint density at radius 1 is 1.03 bits per heavy atom. The largest absolute Gasteiger partial charge is 0.481 e. The lowest BCUT2D eigenvalue weighted by Crippen LogP contribution is -2.57. The van der Waals surface area contributed by atoms with Crippen LogP contribution in [-0.4, -0.2) is 76.2 Å². The summed E-state index contributed by atoms with van der Waals surface area (Å²) in [5, 5.41) is 12.3. The smallest absolute Gasteiger partial charge is 0.305 e. The minimum atomic E-state index is -3.36. The second-order valence-corrected chi connectivity index (χ2v) is 12.0. The minimum absolute atomic E-state index is 0.229. The number of benzene rings is 3. The number of hydrazine groups is 1. The molecule has 0 bridgehead atoms. The van der Waals surface area contributed by atoms with Crippen molar-refractivity contribution >= 4 is 43.5 Å². The van der Waals surface area contributed by atoms with E-state index in [1.807, 2.05) is 42.5 Å². The fourth-order valence-corrected chi connectivity index (χ4v) is 6.20. The van der Waals surface area contributed by atoms with E-state index in [0.29, 0.717) is 31.6 Å². The number of carbonyl (C=O) groups is 1. The van der Waals surface area contributed by atoms with Crippen LogP contribution in [0.2, 0.25) is 0 Å². The minimum Gasteiger partial charge on any atom is -0.481 e. The number of hydrogen-bond donors (Lipinski definition) is 2. The molecular weight excluding hydrogens is 526 g/mol. The van der Waals surface area contributed by atoms with Gasteiger partial charge >= 0.3 is 5.97 Å². The summed E-state index contributed by atoms with van der Waals surface area (Å²) in [4.78, 5) is 13.5. The molecule has 1 aliphatic heterocycles. The molecule has 0 spiro atoms. The molecule has 2 atom stereocenters. The molecule has 4 rings (SSSR count). The first kappa shape index (κ1) is 27.8. The molecule has 0 saturated carbocycles. The topological polar surface area (TPSA) is 118 Å². The lowest BCUT2D eigenvalue weighted by Gasteiger charge is -2.41. The van der Waals surface area contributed by atoms with E-state index in [-0.39, 0.29) is 11.3 Å². The standard InChI is InChI=1S/C27H29N3O6S2/c1-20(18-27(31)32)30(37(33)34)29-16-14-28(15-17-29)24-12-9-21(10-13-24)6-7-22-8-11-23-4-3-5-26(25(23)19-22)38(2,35)36/h3-5,8-13,19-20H,14-18H2,1-2H3,(H,31,32)(H,33,34). The zero-order chi connectivity index (χ0) is 27.4. The highest BCUT2D eigenvalue weighted by atomic mass is 32.2. The number of nitrogens with zero attached hydrogens (tertiary/aromatic N) is 3. The van der Waals surface area contributed by atoms with Crippen LogP contribution in [0.25, 0.3) is 10.8 Å². The average molecular weight is 556 g/mol. The third-order valence-electron chi connectivity index (χ3n) is 6.37. The van der Waals surface area contributed by atoms with Crippen LogP contribution in [0.3, 0.4) is 0 Å². The predicted molar refractivity (Wildman–Crippen MR) is 148 cm³/mol. The van der Waals surface area contributed by atoms with Crippen molar-refractivity contribution in [1.82, 2.24) is 9.42 Å². The van der Waals surface area contributed by atoms with Crippen LogP contribution in [0.4, 0.5) is 5.69 Å². The van der Waals surface area contributed by atoms with E-state index >= 15 is 0 Å². The van der Waals surface area contributed by atoms with Crippen LogP contribution in [-0.2, 0) is 25.9 Å². The Balaban J connectivity index is 1.43. The molecule has 2 unspecified atom stereocenters. The van der Waals surface area contributed by atoms with Gasteiger partial charge in [0.2, 0.25) is 11.3 Å². The third kappa shape index (κ3) is 6.59. The van der Waals surface area contributed by atoms with Gasteiger partial charge < -0.3 is 10.0 Å². The third-order valence-corrected chi connectivity index (χ3v) is 8.43. The number of fused-ring (bicyclic) bond motifs is 1. The lowest BCUT2D eigenvalue weighted by molar-refractivity contribution is -0.139. The molecule has 0 aromatic heterocycles. The van der Waals surface area contributed by atoms with Gasteiger partial charge in [0.25, 0.3) is 0 Å². The van der Waals surface area contributed by atoms with Crippen molar-refractivity contribution in [2.75, 3.05) is 37.3 Å². The maximum absolute atomic E-state index is 12.2. The van der Waals surface area contributed by atoms with E-state index in [4.69, 9.17) is 5.11 Å². The SMILES string of the molecule is CC(CC(=O)O)N(N1CCN(c2ccc(C#Cc3ccc4cccc(S(C)(=O)=O)c4c3)cc2)CC1)S(=O)O. The molecular formula is C27H29N3O6S2. The Hall–Kier alpha value is -3.27. The van der Waals surface area contributed by atoms with Crippen molar-refractivity contribution in [3.8, 4) is 11.8 Å². The van der Waals surface area contributed by atoms with Crippen LogP contribution in [0.15, 0.2) is 65.6 Å². The summed E-state index contributed by atoms with van der Waals surface area (Å²) in [5.74, 6) is 5.23. The first-order valence-electron chi connectivity index (χ1n) is 12.0. The normalized spacial score (nSPS) is 16.2. The molecule has 0 amide bonds. The quantitative estimate of drug-likeness (QED) is 0.338. The Bertz CT molecular complexity index is 1520. The molecule has 1 heterocycles. The number of carboxylic acids is 1. The first-order chi connectivity index (χ1) is 18.0. The number of anilines is 1. The van der Waals surface area contributed by atoms with E-state index in [0.717, 1.165) is 22.2 Å². The Labute approximate surface area is 225 Å². The van der Waals surface area contributed by atoms with Crippen LogP contribution >= 0.6 is 0 Å². The molecule has 1 fully saturated rings. The molecule has 2 N–H and O–H groups in total. The molecule has 3 aromatic rings. The summed E-state index contributed by atoms with van der Waals surface area (Å²) in [6.45, 7) is 3.80. The highest BCUT2D eigenvalue weighted by molar-refractivity contribution is 7.91. The molecule has 1 saturated heterocycles. The zero-order valence-electron chi connectivity index (χ0n) is 21.1. The van der Waals surface area contributed by atoms with Crippen molar-refractivity contribution in [2.45, 2.75) is 24.3 Å². The van der Waals surface area contributed by atoms with E-state index < -0.39 is 33.1 Å². The summed E-state index contributed by atoms with van der Waals surface area (Å²) in [7, 11) is -3.36. The predicted octanol–water partition coefficient (Wildman–Crippen LogP) is 2.98. The van der Waals surface area contributed by atoms with Gasteiger partial charge in [-0.1, -0.05) is 30.0 Å². The van der Waals surface area contributed by atoms with Gasteiger partial charge in [-0.2, -0.15) is 0 Å². The molecule has 11 heteroatoms. The maximum Gasteiger partial charge on any atom is 0.305 e. The van der Waals surface area contributed by atoms with Crippen LogP contribution in [0, 0.1) is 11.8 Å². The second kappa shape index (κ2) is 11.6. The maximum atomic E-state index is 12.2. The highest BCUT2D eigenvalue weighted by Gasteiger charge is 2.30. The zero-order valence-corrected chi connectivity index (χ0v) is 22.7. The Kier molecular flexibility index (Phi) is 8.50. The van der Waals surface area contributed by atoms with Crippen molar-refractivity contribution in [3.63, 3.8) is 0 Å². The van der Waals surface area contributed by atoms with E-state index in [1.165, 1.54) is 10.7 Å². The van der Waals surface area contributed by atoms with Gasteiger partial charge in [0.15, 0.2) is 9.84 Å². The van der Waals surface area contributed by atoms with Crippen molar-refractivity contribution < 1.29 is 27.1 Å². The number of hydrogen-bond acceptors (Lipinski definition) is 6. The number of sulfone groups is 1. The Morgan fingerprint density at radius 2 is 1.66 bits per heavy atom. The van der Waals surface area contributed by atoms with Crippen LogP contribution in [0.5, 0.6) is 0 Å². The molecule has 38 heavy (non-hydrogen) atoms. The van der Waals surface area contributed by atoms with Gasteiger partial charge in [-0.05, 0) is 54.8 Å². The summed E-state index contributed by atoms with van der Waals surface area (Å²) < 4.78 is 47.1. The van der Waals surface area contributed by atoms with Gasteiger partial charge in [-0.25, -0.2) is 17.6 Å². The monoisotopic (exact) mass is 555 g/mol.